The first kappa shape index (κ1) is 19.6. The van der Waals surface area contributed by atoms with E-state index in [0.717, 1.165) is 23.8 Å². The van der Waals surface area contributed by atoms with Gasteiger partial charge in [-0.1, -0.05) is 18.2 Å². The largest absolute Gasteiger partial charge is 0.497 e. The molecule has 2 aromatic carbocycles. The second-order valence-corrected chi connectivity index (χ2v) is 7.07. The Kier molecular flexibility index (Phi) is 6.12. The van der Waals surface area contributed by atoms with Crippen molar-refractivity contribution >= 4 is 15.9 Å². The molecule has 0 heterocycles. The lowest BCUT2D eigenvalue weighted by molar-refractivity contribution is 0.0757. The Bertz CT molecular complexity index is 929. The molecule has 138 valence electrons. The van der Waals surface area contributed by atoms with E-state index in [-0.39, 0.29) is 23.5 Å². The number of primary sulfonamides is 1. The molecule has 0 aliphatic rings. The average Bonchev–Trinajstić information content (AvgIpc) is 2.60. The number of ether oxygens (including phenoxy) is 1. The number of benzene rings is 2. The van der Waals surface area contributed by atoms with E-state index in [4.69, 9.17) is 9.88 Å². The second-order valence-electron chi connectivity index (χ2n) is 5.51. The molecule has 2 rings (SSSR count). The summed E-state index contributed by atoms with van der Waals surface area (Å²) in [6.07, 6.45) is 1.50. The normalized spacial score (nSPS) is 11.0. The highest BCUT2D eigenvalue weighted by Gasteiger charge is 2.21. The van der Waals surface area contributed by atoms with Gasteiger partial charge in [-0.15, -0.1) is 6.58 Å². The van der Waals surface area contributed by atoms with E-state index in [1.165, 1.54) is 18.1 Å². The summed E-state index contributed by atoms with van der Waals surface area (Å²) in [7, 11) is -2.53. The summed E-state index contributed by atoms with van der Waals surface area (Å²) in [6.45, 7) is 3.92. The third-order valence-corrected chi connectivity index (χ3v) is 4.55. The molecule has 0 aromatic heterocycles. The van der Waals surface area contributed by atoms with E-state index >= 15 is 0 Å². The lowest BCUT2D eigenvalue weighted by Crippen LogP contribution is -2.31. The molecule has 0 fully saturated rings. The summed E-state index contributed by atoms with van der Waals surface area (Å²) in [5, 5.41) is 5.06. The van der Waals surface area contributed by atoms with Crippen LogP contribution in [0.2, 0.25) is 0 Å². The fourth-order valence-corrected chi connectivity index (χ4v) is 2.92. The van der Waals surface area contributed by atoms with Gasteiger partial charge in [-0.05, 0) is 35.9 Å². The van der Waals surface area contributed by atoms with Crippen LogP contribution in [0.15, 0.2) is 60.0 Å². The number of carbonyl (C=O) groups is 1. The lowest BCUT2D eigenvalue weighted by Gasteiger charge is -2.22. The van der Waals surface area contributed by atoms with Crippen LogP contribution in [-0.2, 0) is 16.6 Å². The number of methoxy groups -OCH3 is 1. The number of nitrogens with zero attached hydrogens (tertiary/aromatic N) is 1. The lowest BCUT2D eigenvalue weighted by atomic mass is 10.1. The molecule has 6 nitrogen and oxygen atoms in total. The minimum atomic E-state index is -4.06. The third-order valence-electron chi connectivity index (χ3n) is 3.64. The van der Waals surface area contributed by atoms with E-state index in [0.29, 0.717) is 5.75 Å². The van der Waals surface area contributed by atoms with Crippen LogP contribution in [0.4, 0.5) is 4.39 Å². The van der Waals surface area contributed by atoms with Crippen LogP contribution >= 0.6 is 0 Å². The predicted molar refractivity (Wildman–Crippen MR) is 95.7 cm³/mol. The Labute approximate surface area is 151 Å². The number of nitrogens with two attached hydrogens (primary N) is 1. The van der Waals surface area contributed by atoms with Crippen molar-refractivity contribution in [2.75, 3.05) is 13.7 Å². The van der Waals surface area contributed by atoms with E-state index < -0.39 is 21.7 Å². The Morgan fingerprint density at radius 2 is 2.04 bits per heavy atom. The SMILES string of the molecule is C=CCN(Cc1cccc(OC)c1)C(=O)c1cc(S(N)(=O)=O)ccc1F. The topological polar surface area (TPSA) is 89.7 Å². The predicted octanol–water partition coefficient (Wildman–Crippen LogP) is 2.31. The molecular weight excluding hydrogens is 359 g/mol. The van der Waals surface area contributed by atoms with Crippen LogP contribution in [0.1, 0.15) is 15.9 Å². The molecule has 8 heteroatoms. The minimum Gasteiger partial charge on any atom is -0.497 e. The summed E-state index contributed by atoms with van der Waals surface area (Å²) in [6, 6.07) is 9.94. The number of sulfonamides is 1. The molecule has 0 saturated carbocycles. The van der Waals surface area contributed by atoms with E-state index in [2.05, 4.69) is 6.58 Å². The van der Waals surface area contributed by atoms with Crippen LogP contribution in [0.25, 0.3) is 0 Å². The number of rotatable bonds is 7. The highest BCUT2D eigenvalue weighted by molar-refractivity contribution is 7.89. The molecule has 0 aliphatic carbocycles. The fraction of sp³-hybridized carbons (Fsp3) is 0.167. The summed E-state index contributed by atoms with van der Waals surface area (Å²) in [5.41, 5.74) is 0.392. The summed E-state index contributed by atoms with van der Waals surface area (Å²) in [4.78, 5) is 13.8. The standard InChI is InChI=1S/C18H19FN2O4S/c1-3-9-21(12-13-5-4-6-14(10-13)25-2)18(22)16-11-15(26(20,23)24)7-8-17(16)19/h3-8,10-11H,1,9,12H2,2H3,(H2,20,23,24). The van der Waals surface area contributed by atoms with Crippen LogP contribution < -0.4 is 9.88 Å². The van der Waals surface area contributed by atoms with Gasteiger partial charge in [0.1, 0.15) is 11.6 Å². The molecule has 0 spiro atoms. The van der Waals surface area contributed by atoms with Gasteiger partial charge in [0.25, 0.3) is 5.91 Å². The Hall–Kier alpha value is -2.71. The Balaban J connectivity index is 2.37. The van der Waals surface area contributed by atoms with Crippen molar-refractivity contribution in [3.8, 4) is 5.75 Å². The summed E-state index contributed by atoms with van der Waals surface area (Å²) >= 11 is 0. The van der Waals surface area contributed by atoms with Crippen molar-refractivity contribution in [3.05, 3.63) is 72.1 Å². The van der Waals surface area contributed by atoms with Crippen LogP contribution in [0.3, 0.4) is 0 Å². The van der Waals surface area contributed by atoms with Crippen molar-refractivity contribution < 1.29 is 22.3 Å². The molecular formula is C18H19FN2O4S. The molecule has 0 radical (unpaired) electrons. The van der Waals surface area contributed by atoms with Gasteiger partial charge < -0.3 is 9.64 Å². The zero-order chi connectivity index (χ0) is 19.3. The average molecular weight is 378 g/mol. The Morgan fingerprint density at radius 3 is 2.65 bits per heavy atom. The molecule has 26 heavy (non-hydrogen) atoms. The highest BCUT2D eigenvalue weighted by atomic mass is 32.2. The maximum absolute atomic E-state index is 14.1. The number of amides is 1. The van der Waals surface area contributed by atoms with Gasteiger partial charge in [0, 0.05) is 13.1 Å². The second kappa shape index (κ2) is 8.11. The van der Waals surface area contributed by atoms with Gasteiger partial charge in [-0.25, -0.2) is 17.9 Å². The molecule has 0 bridgehead atoms. The fourth-order valence-electron chi connectivity index (χ4n) is 2.38. The van der Waals surface area contributed by atoms with E-state index in [1.54, 1.807) is 24.3 Å². The first-order valence-corrected chi connectivity index (χ1v) is 9.16. The van der Waals surface area contributed by atoms with Crippen molar-refractivity contribution in [2.45, 2.75) is 11.4 Å². The van der Waals surface area contributed by atoms with Crippen molar-refractivity contribution in [3.63, 3.8) is 0 Å². The summed E-state index contributed by atoms with van der Waals surface area (Å²) in [5.74, 6) is -0.881. The zero-order valence-electron chi connectivity index (χ0n) is 14.2. The van der Waals surface area contributed by atoms with Gasteiger partial charge in [0.15, 0.2) is 0 Å². The van der Waals surface area contributed by atoms with Crippen molar-refractivity contribution in [1.29, 1.82) is 0 Å². The highest BCUT2D eigenvalue weighted by Crippen LogP contribution is 2.19. The molecule has 1 amide bonds. The molecule has 0 aliphatic heterocycles. The molecule has 2 N–H and O–H groups in total. The van der Waals surface area contributed by atoms with Crippen molar-refractivity contribution in [2.24, 2.45) is 5.14 Å². The number of hydrogen-bond donors (Lipinski definition) is 1. The van der Waals surface area contributed by atoms with E-state index in [9.17, 15) is 17.6 Å². The summed E-state index contributed by atoms with van der Waals surface area (Å²) < 4.78 is 42.2. The van der Waals surface area contributed by atoms with E-state index in [1.807, 2.05) is 0 Å². The first-order valence-electron chi connectivity index (χ1n) is 7.61. The Morgan fingerprint density at radius 1 is 1.31 bits per heavy atom. The molecule has 2 aromatic rings. The molecule has 0 saturated heterocycles. The maximum atomic E-state index is 14.1. The minimum absolute atomic E-state index is 0.148. The van der Waals surface area contributed by atoms with Crippen LogP contribution in [-0.4, -0.2) is 32.9 Å². The van der Waals surface area contributed by atoms with Crippen molar-refractivity contribution in [1.82, 2.24) is 4.90 Å². The van der Waals surface area contributed by atoms with Crippen LogP contribution in [0.5, 0.6) is 5.75 Å². The third kappa shape index (κ3) is 4.68. The maximum Gasteiger partial charge on any atom is 0.257 e. The van der Waals surface area contributed by atoms with Gasteiger partial charge in [0.2, 0.25) is 10.0 Å². The van der Waals surface area contributed by atoms with Gasteiger partial charge in [0.05, 0.1) is 17.6 Å². The number of hydrogen-bond acceptors (Lipinski definition) is 4. The van der Waals surface area contributed by atoms with Gasteiger partial charge in [-0.3, -0.25) is 4.79 Å². The quantitative estimate of drug-likeness (QED) is 0.749. The number of carbonyl (C=O) groups excluding carboxylic acids is 1. The van der Waals surface area contributed by atoms with Gasteiger partial charge in [-0.2, -0.15) is 0 Å². The molecule has 0 atom stereocenters. The van der Waals surface area contributed by atoms with Gasteiger partial charge >= 0.3 is 0 Å². The van der Waals surface area contributed by atoms with Crippen LogP contribution in [0, 0.1) is 5.82 Å². The number of halogens is 1. The first-order chi connectivity index (χ1) is 12.3. The zero-order valence-corrected chi connectivity index (χ0v) is 15.0. The smallest absolute Gasteiger partial charge is 0.257 e. The monoisotopic (exact) mass is 378 g/mol. The molecule has 0 unspecified atom stereocenters.